The highest BCUT2D eigenvalue weighted by Crippen LogP contribution is 2.19. The Bertz CT molecular complexity index is 526. The Morgan fingerprint density at radius 3 is 2.44 bits per heavy atom. The second-order valence-electron chi connectivity index (χ2n) is 3.93. The van der Waals surface area contributed by atoms with E-state index >= 15 is 0 Å². The van der Waals surface area contributed by atoms with Gasteiger partial charge in [0.15, 0.2) is 11.6 Å². The van der Waals surface area contributed by atoms with Gasteiger partial charge in [0.05, 0.1) is 11.4 Å². The van der Waals surface area contributed by atoms with Gasteiger partial charge in [-0.3, -0.25) is 0 Å². The molecule has 0 unspecified atom stereocenters. The fourth-order valence-corrected chi connectivity index (χ4v) is 1.59. The van der Waals surface area contributed by atoms with Gasteiger partial charge >= 0.3 is 0 Å². The lowest BCUT2D eigenvalue weighted by Crippen LogP contribution is -2.02. The molecule has 0 spiro atoms. The van der Waals surface area contributed by atoms with E-state index in [0.29, 0.717) is 17.8 Å². The fraction of sp³-hybridized carbons (Fsp3) is 0.231. The van der Waals surface area contributed by atoms with Gasteiger partial charge in [0.1, 0.15) is 0 Å². The second kappa shape index (κ2) is 5.64. The van der Waals surface area contributed by atoms with Crippen LogP contribution < -0.4 is 5.73 Å². The van der Waals surface area contributed by atoms with Crippen LogP contribution in [0.25, 0.3) is 11.3 Å². The minimum absolute atomic E-state index is 0.506. The summed E-state index contributed by atoms with van der Waals surface area (Å²) >= 11 is 0. The molecule has 1 heterocycles. The molecule has 5 heteroatoms. The zero-order valence-electron chi connectivity index (χ0n) is 9.74. The third kappa shape index (κ3) is 2.87. The molecule has 0 amide bonds. The number of benzene rings is 1. The van der Waals surface area contributed by atoms with Crippen LogP contribution in [0.5, 0.6) is 0 Å². The van der Waals surface area contributed by atoms with E-state index in [1.807, 2.05) is 6.07 Å². The van der Waals surface area contributed by atoms with Crippen LogP contribution >= 0.6 is 0 Å². The molecule has 0 atom stereocenters. The first-order valence-electron chi connectivity index (χ1n) is 5.69. The number of nitrogens with zero attached hydrogens (tertiary/aromatic N) is 2. The number of hydrogen-bond acceptors (Lipinski definition) is 3. The van der Waals surface area contributed by atoms with Gasteiger partial charge in [0.2, 0.25) is 0 Å². The van der Waals surface area contributed by atoms with Crippen molar-refractivity contribution < 1.29 is 8.78 Å². The predicted octanol–water partition coefficient (Wildman–Crippen LogP) is 2.31. The first-order chi connectivity index (χ1) is 8.70. The average molecular weight is 249 g/mol. The van der Waals surface area contributed by atoms with E-state index in [1.165, 1.54) is 6.07 Å². The summed E-state index contributed by atoms with van der Waals surface area (Å²) < 4.78 is 25.9. The maximum atomic E-state index is 13.1. The highest BCUT2D eigenvalue weighted by atomic mass is 19.2. The van der Waals surface area contributed by atoms with Gasteiger partial charge in [-0.15, -0.1) is 0 Å². The smallest absolute Gasteiger partial charge is 0.159 e. The number of aromatic nitrogens is 2. The molecular weight excluding hydrogens is 236 g/mol. The van der Waals surface area contributed by atoms with Gasteiger partial charge in [-0.05, 0) is 49.7 Å². The van der Waals surface area contributed by atoms with E-state index in [0.717, 1.165) is 30.7 Å². The monoisotopic (exact) mass is 249 g/mol. The molecule has 0 aliphatic heterocycles. The molecule has 3 nitrogen and oxygen atoms in total. The molecule has 0 saturated carbocycles. The largest absolute Gasteiger partial charge is 0.330 e. The summed E-state index contributed by atoms with van der Waals surface area (Å²) in [4.78, 5) is 0. The number of rotatable bonds is 4. The number of hydrogen-bond donors (Lipinski definition) is 1. The van der Waals surface area contributed by atoms with Crippen LogP contribution in [0.1, 0.15) is 12.1 Å². The highest BCUT2D eigenvalue weighted by molar-refractivity contribution is 5.58. The molecule has 0 fully saturated rings. The van der Waals surface area contributed by atoms with Crippen LogP contribution in [0.2, 0.25) is 0 Å². The fourth-order valence-electron chi connectivity index (χ4n) is 1.59. The Kier molecular flexibility index (Phi) is 3.94. The summed E-state index contributed by atoms with van der Waals surface area (Å²) in [5, 5.41) is 8.02. The molecule has 0 bridgehead atoms. The number of aryl methyl sites for hydroxylation is 1. The van der Waals surface area contributed by atoms with E-state index in [2.05, 4.69) is 10.2 Å². The lowest BCUT2D eigenvalue weighted by molar-refractivity contribution is 0.509. The SMILES string of the molecule is NCCCc1ccc(-c2ccc(F)c(F)c2)nn1. The van der Waals surface area contributed by atoms with E-state index in [-0.39, 0.29) is 0 Å². The minimum atomic E-state index is -0.887. The maximum Gasteiger partial charge on any atom is 0.159 e. The predicted molar refractivity (Wildman–Crippen MR) is 64.8 cm³/mol. The quantitative estimate of drug-likeness (QED) is 0.904. The summed E-state index contributed by atoms with van der Waals surface area (Å²) in [6, 6.07) is 7.22. The van der Waals surface area contributed by atoms with Gasteiger partial charge in [0, 0.05) is 5.56 Å². The summed E-state index contributed by atoms with van der Waals surface area (Å²) in [5.41, 5.74) is 7.27. The van der Waals surface area contributed by atoms with Crippen molar-refractivity contribution in [2.24, 2.45) is 5.73 Å². The Hall–Kier alpha value is -1.88. The lowest BCUT2D eigenvalue weighted by atomic mass is 10.1. The summed E-state index contributed by atoms with van der Waals surface area (Å²) in [6.07, 6.45) is 1.61. The number of halogens is 2. The molecule has 18 heavy (non-hydrogen) atoms. The van der Waals surface area contributed by atoms with Crippen molar-refractivity contribution in [2.45, 2.75) is 12.8 Å². The van der Waals surface area contributed by atoms with Crippen LogP contribution in [0, 0.1) is 11.6 Å². The maximum absolute atomic E-state index is 13.1. The molecule has 2 aromatic rings. The highest BCUT2D eigenvalue weighted by Gasteiger charge is 2.06. The third-order valence-electron chi connectivity index (χ3n) is 2.57. The van der Waals surface area contributed by atoms with E-state index < -0.39 is 11.6 Å². The van der Waals surface area contributed by atoms with Crippen LogP contribution in [0.15, 0.2) is 30.3 Å². The second-order valence-corrected chi connectivity index (χ2v) is 3.93. The molecule has 0 aliphatic rings. The van der Waals surface area contributed by atoms with Crippen LogP contribution in [-0.2, 0) is 6.42 Å². The van der Waals surface area contributed by atoms with E-state index in [9.17, 15) is 8.78 Å². The topological polar surface area (TPSA) is 51.8 Å². The zero-order chi connectivity index (χ0) is 13.0. The molecule has 2 rings (SSSR count). The Morgan fingerprint density at radius 1 is 1.00 bits per heavy atom. The Balaban J connectivity index is 2.20. The molecule has 0 saturated heterocycles. The van der Waals surface area contributed by atoms with Crippen molar-refractivity contribution in [3.8, 4) is 11.3 Å². The van der Waals surface area contributed by atoms with Crippen molar-refractivity contribution in [3.63, 3.8) is 0 Å². The first kappa shape index (κ1) is 12.6. The normalized spacial score (nSPS) is 10.6. The molecule has 1 aromatic heterocycles. The molecule has 2 N–H and O–H groups in total. The van der Waals surface area contributed by atoms with Crippen molar-refractivity contribution in [1.82, 2.24) is 10.2 Å². The first-order valence-corrected chi connectivity index (χ1v) is 5.69. The summed E-state index contributed by atoms with van der Waals surface area (Å²) in [7, 11) is 0. The van der Waals surface area contributed by atoms with Crippen LogP contribution in [-0.4, -0.2) is 16.7 Å². The van der Waals surface area contributed by atoms with Gasteiger partial charge < -0.3 is 5.73 Å². The van der Waals surface area contributed by atoms with Crippen LogP contribution in [0.3, 0.4) is 0 Å². The average Bonchev–Trinajstić information content (AvgIpc) is 2.40. The summed E-state index contributed by atoms with van der Waals surface area (Å²) in [6.45, 7) is 0.604. The zero-order valence-corrected chi connectivity index (χ0v) is 9.74. The van der Waals surface area contributed by atoms with Gasteiger partial charge in [-0.1, -0.05) is 0 Å². The number of nitrogens with two attached hydrogens (primary N) is 1. The standard InChI is InChI=1S/C13H13F2N3/c14-11-5-3-9(8-12(11)15)13-6-4-10(17-18-13)2-1-7-16/h3-6,8H,1-2,7,16H2. The minimum Gasteiger partial charge on any atom is -0.330 e. The molecule has 94 valence electrons. The van der Waals surface area contributed by atoms with Crippen molar-refractivity contribution >= 4 is 0 Å². The van der Waals surface area contributed by atoms with E-state index in [1.54, 1.807) is 6.07 Å². The van der Waals surface area contributed by atoms with Crippen LogP contribution in [0.4, 0.5) is 8.78 Å². The lowest BCUT2D eigenvalue weighted by Gasteiger charge is -2.02. The van der Waals surface area contributed by atoms with Gasteiger partial charge in [-0.2, -0.15) is 10.2 Å². The van der Waals surface area contributed by atoms with Crippen molar-refractivity contribution in [2.75, 3.05) is 6.54 Å². The van der Waals surface area contributed by atoms with Crippen molar-refractivity contribution in [3.05, 3.63) is 47.7 Å². The van der Waals surface area contributed by atoms with E-state index in [4.69, 9.17) is 5.73 Å². The summed E-state index contributed by atoms with van der Waals surface area (Å²) in [5.74, 6) is -1.76. The molecule has 1 aromatic carbocycles. The van der Waals surface area contributed by atoms with Gasteiger partial charge in [0.25, 0.3) is 0 Å². The molecule has 0 radical (unpaired) electrons. The van der Waals surface area contributed by atoms with Gasteiger partial charge in [-0.25, -0.2) is 8.78 Å². The Morgan fingerprint density at radius 2 is 1.83 bits per heavy atom. The third-order valence-corrected chi connectivity index (χ3v) is 2.57. The molecule has 0 aliphatic carbocycles. The molecular formula is C13H13F2N3. The Labute approximate surface area is 104 Å². The van der Waals surface area contributed by atoms with Crippen molar-refractivity contribution in [1.29, 1.82) is 0 Å².